The molecule has 0 saturated carbocycles. The predicted octanol–water partition coefficient (Wildman–Crippen LogP) is 0.877. The summed E-state index contributed by atoms with van der Waals surface area (Å²) in [5.41, 5.74) is 5.72. The summed E-state index contributed by atoms with van der Waals surface area (Å²) in [5, 5.41) is 11.4. The monoisotopic (exact) mass is 230 g/mol. The van der Waals surface area contributed by atoms with E-state index < -0.39 is 13.0 Å². The molecule has 1 aromatic heterocycles. The number of hydrogen-bond donors (Lipinski definition) is 2. The molecule has 16 heavy (non-hydrogen) atoms. The van der Waals surface area contributed by atoms with Gasteiger partial charge in [-0.1, -0.05) is 5.16 Å². The number of aromatic nitrogens is 1. The number of anilines is 1. The number of nitrogens with two attached hydrogens (primary N) is 1. The number of halogens is 2. The lowest BCUT2D eigenvalue weighted by Crippen LogP contribution is -2.28. The molecule has 0 spiro atoms. The molecule has 0 bridgehead atoms. The highest BCUT2D eigenvalue weighted by atomic mass is 19.3. The van der Waals surface area contributed by atoms with E-state index in [-0.39, 0.29) is 11.7 Å². The molecule has 0 atom stereocenters. The third kappa shape index (κ3) is 2.78. The first-order valence-electron chi connectivity index (χ1n) is 4.48. The average Bonchev–Trinajstić information content (AvgIpc) is 2.27. The van der Waals surface area contributed by atoms with Crippen molar-refractivity contribution >= 4 is 11.7 Å². The van der Waals surface area contributed by atoms with Gasteiger partial charge in [0.05, 0.1) is 12.1 Å². The fraction of sp³-hybridized carbons (Fsp3) is 0.333. The van der Waals surface area contributed by atoms with Crippen LogP contribution >= 0.6 is 0 Å². The Kier molecular flexibility index (Phi) is 3.98. The second-order valence-corrected chi connectivity index (χ2v) is 3.13. The molecule has 1 rings (SSSR count). The number of nitrogens with zero attached hydrogens (tertiary/aromatic N) is 3. The van der Waals surface area contributed by atoms with Crippen LogP contribution in [0.15, 0.2) is 23.5 Å². The lowest BCUT2D eigenvalue weighted by atomic mass is 10.2. The van der Waals surface area contributed by atoms with Crippen LogP contribution in [-0.2, 0) is 0 Å². The summed E-state index contributed by atoms with van der Waals surface area (Å²) in [6.45, 7) is -0.470. The van der Waals surface area contributed by atoms with Gasteiger partial charge in [-0.05, 0) is 12.1 Å². The van der Waals surface area contributed by atoms with Gasteiger partial charge in [-0.25, -0.2) is 13.8 Å². The zero-order valence-electron chi connectivity index (χ0n) is 8.64. The van der Waals surface area contributed by atoms with E-state index in [0.29, 0.717) is 5.56 Å². The Morgan fingerprint density at radius 2 is 2.38 bits per heavy atom. The number of hydrogen-bond acceptors (Lipinski definition) is 4. The molecule has 5 nitrogen and oxygen atoms in total. The molecule has 88 valence electrons. The molecule has 3 N–H and O–H groups in total. The van der Waals surface area contributed by atoms with Gasteiger partial charge >= 0.3 is 0 Å². The number of amidine groups is 1. The van der Waals surface area contributed by atoms with Crippen molar-refractivity contribution in [3.8, 4) is 0 Å². The summed E-state index contributed by atoms with van der Waals surface area (Å²) < 4.78 is 24.4. The maximum absolute atomic E-state index is 12.2. The van der Waals surface area contributed by atoms with E-state index in [9.17, 15) is 8.78 Å². The zero-order valence-corrected chi connectivity index (χ0v) is 8.64. The Morgan fingerprint density at radius 1 is 1.69 bits per heavy atom. The number of pyridine rings is 1. The van der Waals surface area contributed by atoms with Crippen molar-refractivity contribution in [1.29, 1.82) is 0 Å². The SMILES string of the molecule is CN(CC(F)F)c1ncccc1/C(N)=N/O. The van der Waals surface area contributed by atoms with Gasteiger partial charge in [-0.15, -0.1) is 0 Å². The lowest BCUT2D eigenvalue weighted by Gasteiger charge is -2.19. The van der Waals surface area contributed by atoms with E-state index in [2.05, 4.69) is 10.1 Å². The van der Waals surface area contributed by atoms with Crippen LogP contribution in [-0.4, -0.2) is 36.0 Å². The molecular formula is C9H12F2N4O. The van der Waals surface area contributed by atoms with Gasteiger partial charge in [0.1, 0.15) is 5.82 Å². The largest absolute Gasteiger partial charge is 0.409 e. The quantitative estimate of drug-likeness (QED) is 0.348. The number of oxime groups is 1. The summed E-state index contributed by atoms with van der Waals surface area (Å²) in [6.07, 6.45) is -1.03. The second kappa shape index (κ2) is 5.24. The summed E-state index contributed by atoms with van der Waals surface area (Å²) in [6, 6.07) is 3.12. The van der Waals surface area contributed by atoms with Crippen molar-refractivity contribution in [2.75, 3.05) is 18.5 Å². The molecule has 7 heteroatoms. The van der Waals surface area contributed by atoms with Gasteiger partial charge in [0.25, 0.3) is 6.43 Å². The fourth-order valence-corrected chi connectivity index (χ4v) is 1.25. The molecule has 0 aliphatic heterocycles. The molecule has 0 amide bonds. The first kappa shape index (κ1) is 12.2. The van der Waals surface area contributed by atoms with Crippen molar-refractivity contribution in [3.05, 3.63) is 23.9 Å². The normalized spacial score (nSPS) is 11.9. The first-order chi connectivity index (χ1) is 7.56. The van der Waals surface area contributed by atoms with Crippen molar-refractivity contribution in [1.82, 2.24) is 4.98 Å². The highest BCUT2D eigenvalue weighted by molar-refractivity contribution is 6.01. The van der Waals surface area contributed by atoms with Gasteiger partial charge < -0.3 is 15.8 Å². The molecule has 0 aliphatic rings. The Balaban J connectivity index is 3.03. The van der Waals surface area contributed by atoms with E-state index in [1.54, 1.807) is 12.1 Å². The molecule has 0 saturated heterocycles. The molecule has 0 unspecified atom stereocenters. The molecule has 1 heterocycles. The first-order valence-corrected chi connectivity index (χ1v) is 4.48. The third-order valence-corrected chi connectivity index (χ3v) is 1.94. The van der Waals surface area contributed by atoms with Crippen LogP contribution in [0.2, 0.25) is 0 Å². The van der Waals surface area contributed by atoms with Crippen LogP contribution in [0.5, 0.6) is 0 Å². The van der Waals surface area contributed by atoms with Crippen LogP contribution in [0.3, 0.4) is 0 Å². The lowest BCUT2D eigenvalue weighted by molar-refractivity contribution is 0.156. The van der Waals surface area contributed by atoms with E-state index in [4.69, 9.17) is 10.9 Å². The summed E-state index contributed by atoms with van der Waals surface area (Å²) >= 11 is 0. The van der Waals surface area contributed by atoms with E-state index >= 15 is 0 Å². The van der Waals surface area contributed by atoms with Crippen molar-refractivity contribution in [3.63, 3.8) is 0 Å². The topological polar surface area (TPSA) is 74.7 Å². The minimum absolute atomic E-state index is 0.163. The highest BCUT2D eigenvalue weighted by Gasteiger charge is 2.15. The Hall–Kier alpha value is -1.92. The van der Waals surface area contributed by atoms with Crippen LogP contribution in [0.25, 0.3) is 0 Å². The predicted molar refractivity (Wildman–Crippen MR) is 56.0 cm³/mol. The van der Waals surface area contributed by atoms with Crippen LogP contribution in [0.4, 0.5) is 14.6 Å². The maximum Gasteiger partial charge on any atom is 0.255 e. The Morgan fingerprint density at radius 3 is 2.94 bits per heavy atom. The summed E-state index contributed by atoms with van der Waals surface area (Å²) in [4.78, 5) is 5.17. The Bertz CT molecular complexity index is 384. The fourth-order valence-electron chi connectivity index (χ4n) is 1.25. The smallest absolute Gasteiger partial charge is 0.255 e. The molecule has 0 radical (unpaired) electrons. The van der Waals surface area contributed by atoms with E-state index in [1.165, 1.54) is 18.1 Å². The third-order valence-electron chi connectivity index (χ3n) is 1.94. The number of alkyl halides is 2. The average molecular weight is 230 g/mol. The Labute approximate surface area is 91.2 Å². The standard InChI is InChI=1S/C9H12F2N4O/c1-15(5-7(10)11)9-6(8(12)14-16)3-2-4-13-9/h2-4,7,16H,5H2,1H3,(H2,12,14). The highest BCUT2D eigenvalue weighted by Crippen LogP contribution is 2.16. The van der Waals surface area contributed by atoms with E-state index in [1.807, 2.05) is 0 Å². The van der Waals surface area contributed by atoms with Gasteiger partial charge in [-0.3, -0.25) is 0 Å². The van der Waals surface area contributed by atoms with Crippen molar-refractivity contribution in [2.45, 2.75) is 6.43 Å². The molecule has 0 aliphatic carbocycles. The zero-order chi connectivity index (χ0) is 12.1. The minimum atomic E-state index is -2.48. The molecular weight excluding hydrogens is 218 g/mol. The molecule has 0 fully saturated rings. The van der Waals surface area contributed by atoms with Crippen LogP contribution in [0.1, 0.15) is 5.56 Å². The molecule has 1 aromatic rings. The second-order valence-electron chi connectivity index (χ2n) is 3.13. The molecule has 0 aromatic carbocycles. The summed E-state index contributed by atoms with van der Waals surface area (Å²) in [5.74, 6) is 0.0855. The number of rotatable bonds is 4. The van der Waals surface area contributed by atoms with Gasteiger partial charge in [0.15, 0.2) is 5.84 Å². The van der Waals surface area contributed by atoms with Crippen molar-refractivity contribution < 1.29 is 14.0 Å². The minimum Gasteiger partial charge on any atom is -0.409 e. The van der Waals surface area contributed by atoms with Crippen molar-refractivity contribution in [2.24, 2.45) is 10.9 Å². The maximum atomic E-state index is 12.2. The van der Waals surface area contributed by atoms with E-state index in [0.717, 1.165) is 0 Å². The van der Waals surface area contributed by atoms with Gasteiger partial charge in [0, 0.05) is 13.2 Å². The van der Waals surface area contributed by atoms with Gasteiger partial charge in [0.2, 0.25) is 0 Å². The van der Waals surface area contributed by atoms with Gasteiger partial charge in [-0.2, -0.15) is 0 Å². The van der Waals surface area contributed by atoms with Crippen LogP contribution < -0.4 is 10.6 Å². The van der Waals surface area contributed by atoms with Crippen LogP contribution in [0, 0.1) is 0 Å². The summed E-state index contributed by atoms with van der Waals surface area (Å²) in [7, 11) is 1.46.